The van der Waals surface area contributed by atoms with Gasteiger partial charge in [-0.3, -0.25) is 0 Å². The summed E-state index contributed by atoms with van der Waals surface area (Å²) >= 11 is 0. The van der Waals surface area contributed by atoms with E-state index < -0.39 is 0 Å². The van der Waals surface area contributed by atoms with Crippen molar-refractivity contribution in [3.63, 3.8) is 0 Å². The maximum absolute atomic E-state index is 6.22. The zero-order chi connectivity index (χ0) is 13.0. The van der Waals surface area contributed by atoms with Gasteiger partial charge < -0.3 is 10.3 Å². The molecule has 4 heteroatoms. The van der Waals surface area contributed by atoms with Crippen LogP contribution in [0.2, 0.25) is 0 Å². The summed E-state index contributed by atoms with van der Waals surface area (Å²) in [4.78, 5) is 0. The lowest BCUT2D eigenvalue weighted by Gasteiger charge is -2.13. The summed E-state index contributed by atoms with van der Waals surface area (Å²) in [6.45, 7) is 5.09. The third kappa shape index (κ3) is 2.76. The maximum Gasteiger partial charge on any atom is 0.134 e. The molecule has 96 valence electrons. The predicted molar refractivity (Wildman–Crippen MR) is 72.1 cm³/mol. The Balaban J connectivity index is 2.14. The lowest BCUT2D eigenvalue weighted by Crippen LogP contribution is -2.17. The van der Waals surface area contributed by atoms with E-state index in [0.29, 0.717) is 0 Å². The van der Waals surface area contributed by atoms with Crippen LogP contribution in [0, 0.1) is 6.92 Å². The van der Waals surface area contributed by atoms with Gasteiger partial charge in [0.1, 0.15) is 11.6 Å². The van der Waals surface area contributed by atoms with Crippen molar-refractivity contribution in [2.24, 2.45) is 5.73 Å². The van der Waals surface area contributed by atoms with E-state index in [2.05, 4.69) is 33.8 Å². The summed E-state index contributed by atoms with van der Waals surface area (Å²) in [5.74, 6) is 1.94. The van der Waals surface area contributed by atoms with Crippen molar-refractivity contribution in [3.05, 3.63) is 47.5 Å². The number of hydrogen-bond donors (Lipinski definition) is 1. The third-order valence-corrected chi connectivity index (χ3v) is 3.09. The zero-order valence-electron chi connectivity index (χ0n) is 11.0. The molecule has 0 saturated heterocycles. The summed E-state index contributed by atoms with van der Waals surface area (Å²) in [5, 5.41) is 8.37. The monoisotopic (exact) mass is 244 g/mol. The molecule has 0 aliphatic rings. The minimum Gasteiger partial charge on any atom is -0.324 e. The van der Waals surface area contributed by atoms with Gasteiger partial charge in [0.25, 0.3) is 0 Å². The Labute approximate surface area is 108 Å². The van der Waals surface area contributed by atoms with Gasteiger partial charge in [-0.25, -0.2) is 0 Å². The molecule has 18 heavy (non-hydrogen) atoms. The topological polar surface area (TPSA) is 56.7 Å². The lowest BCUT2D eigenvalue weighted by atomic mass is 10.0. The van der Waals surface area contributed by atoms with Gasteiger partial charge in [-0.15, -0.1) is 10.2 Å². The van der Waals surface area contributed by atoms with Gasteiger partial charge in [-0.05, 0) is 18.9 Å². The van der Waals surface area contributed by atoms with Gasteiger partial charge in [0.05, 0.1) is 0 Å². The molecule has 1 atom stereocenters. The van der Waals surface area contributed by atoms with E-state index in [1.165, 1.54) is 0 Å². The standard InChI is InChI=1S/C14H20N4/c1-3-9-18-11(2)16-17-14(18)10-13(15)12-7-5-4-6-8-12/h4-8,13H,3,9-10,15H2,1-2H3. The van der Waals surface area contributed by atoms with Crippen LogP contribution < -0.4 is 5.73 Å². The Bertz CT molecular complexity index is 490. The summed E-state index contributed by atoms with van der Waals surface area (Å²) in [7, 11) is 0. The molecule has 0 bridgehead atoms. The predicted octanol–water partition coefficient (Wildman–Crippen LogP) is 2.24. The molecule has 0 aliphatic heterocycles. The second-order valence-electron chi connectivity index (χ2n) is 4.54. The van der Waals surface area contributed by atoms with Crippen molar-refractivity contribution in [3.8, 4) is 0 Å². The molecule has 0 fully saturated rings. The molecule has 2 aromatic rings. The third-order valence-electron chi connectivity index (χ3n) is 3.09. The summed E-state index contributed by atoms with van der Waals surface area (Å²) < 4.78 is 2.16. The van der Waals surface area contributed by atoms with Crippen molar-refractivity contribution in [1.29, 1.82) is 0 Å². The average Bonchev–Trinajstić information content (AvgIpc) is 2.73. The van der Waals surface area contributed by atoms with Gasteiger partial charge in [0.15, 0.2) is 0 Å². The zero-order valence-corrected chi connectivity index (χ0v) is 11.0. The van der Waals surface area contributed by atoms with Gasteiger partial charge >= 0.3 is 0 Å². The molecule has 1 heterocycles. The molecule has 1 unspecified atom stereocenters. The molecule has 0 saturated carbocycles. The van der Waals surface area contributed by atoms with Crippen molar-refractivity contribution in [1.82, 2.24) is 14.8 Å². The van der Waals surface area contributed by atoms with E-state index in [1.54, 1.807) is 0 Å². The highest BCUT2D eigenvalue weighted by Gasteiger charge is 2.13. The number of aromatic nitrogens is 3. The maximum atomic E-state index is 6.22. The van der Waals surface area contributed by atoms with Crippen LogP contribution in [0.5, 0.6) is 0 Å². The Morgan fingerprint density at radius 3 is 2.61 bits per heavy atom. The van der Waals surface area contributed by atoms with Gasteiger partial charge in [0.2, 0.25) is 0 Å². The quantitative estimate of drug-likeness (QED) is 0.877. The van der Waals surface area contributed by atoms with Crippen LogP contribution in [0.15, 0.2) is 30.3 Å². The van der Waals surface area contributed by atoms with E-state index >= 15 is 0 Å². The number of rotatable bonds is 5. The van der Waals surface area contributed by atoms with Crippen LogP contribution in [0.4, 0.5) is 0 Å². The van der Waals surface area contributed by atoms with Crippen molar-refractivity contribution < 1.29 is 0 Å². The smallest absolute Gasteiger partial charge is 0.134 e. The van der Waals surface area contributed by atoms with Crippen molar-refractivity contribution >= 4 is 0 Å². The molecule has 2 rings (SSSR count). The van der Waals surface area contributed by atoms with Crippen molar-refractivity contribution in [2.45, 2.75) is 39.3 Å². The fourth-order valence-corrected chi connectivity index (χ4v) is 2.11. The number of nitrogens with two attached hydrogens (primary N) is 1. The molecular weight excluding hydrogens is 224 g/mol. The largest absolute Gasteiger partial charge is 0.324 e. The number of aryl methyl sites for hydroxylation is 1. The van der Waals surface area contributed by atoms with Crippen LogP contribution in [0.3, 0.4) is 0 Å². The fourth-order valence-electron chi connectivity index (χ4n) is 2.11. The molecule has 1 aromatic heterocycles. The first-order valence-electron chi connectivity index (χ1n) is 6.41. The SMILES string of the molecule is CCCn1c(C)nnc1CC(N)c1ccccc1. The van der Waals surface area contributed by atoms with Crippen LogP contribution in [-0.4, -0.2) is 14.8 Å². The van der Waals surface area contributed by atoms with E-state index in [4.69, 9.17) is 5.73 Å². The van der Waals surface area contributed by atoms with Crippen LogP contribution in [0.25, 0.3) is 0 Å². The lowest BCUT2D eigenvalue weighted by molar-refractivity contribution is 0.589. The van der Waals surface area contributed by atoms with Gasteiger partial charge in [0, 0.05) is 19.0 Å². The first-order valence-corrected chi connectivity index (χ1v) is 6.41. The molecule has 0 spiro atoms. The minimum atomic E-state index is -0.0228. The Kier molecular flexibility index (Phi) is 4.10. The Morgan fingerprint density at radius 1 is 1.22 bits per heavy atom. The van der Waals surface area contributed by atoms with E-state index in [1.807, 2.05) is 25.1 Å². The highest BCUT2D eigenvalue weighted by Crippen LogP contribution is 2.15. The molecule has 4 nitrogen and oxygen atoms in total. The van der Waals surface area contributed by atoms with Gasteiger partial charge in [-0.1, -0.05) is 37.3 Å². The molecule has 0 amide bonds. The number of hydrogen-bond acceptors (Lipinski definition) is 3. The van der Waals surface area contributed by atoms with Crippen LogP contribution in [-0.2, 0) is 13.0 Å². The number of benzene rings is 1. The molecule has 0 aliphatic carbocycles. The van der Waals surface area contributed by atoms with Crippen LogP contribution in [0.1, 0.15) is 36.6 Å². The molecule has 1 aromatic carbocycles. The van der Waals surface area contributed by atoms with Crippen molar-refractivity contribution in [2.75, 3.05) is 0 Å². The highest BCUT2D eigenvalue weighted by molar-refractivity contribution is 5.19. The first-order chi connectivity index (χ1) is 8.72. The Morgan fingerprint density at radius 2 is 1.94 bits per heavy atom. The van der Waals surface area contributed by atoms with E-state index in [0.717, 1.165) is 36.6 Å². The second-order valence-corrected chi connectivity index (χ2v) is 4.54. The normalized spacial score (nSPS) is 12.6. The summed E-state index contributed by atoms with van der Waals surface area (Å²) in [6.07, 6.45) is 1.80. The second kappa shape index (κ2) is 5.78. The summed E-state index contributed by atoms with van der Waals surface area (Å²) in [6, 6.07) is 10.1. The van der Waals surface area contributed by atoms with Gasteiger partial charge in [-0.2, -0.15) is 0 Å². The molecule has 2 N–H and O–H groups in total. The number of nitrogens with zero attached hydrogens (tertiary/aromatic N) is 3. The molecule has 0 radical (unpaired) electrons. The highest BCUT2D eigenvalue weighted by atomic mass is 15.3. The molecular formula is C14H20N4. The minimum absolute atomic E-state index is 0.0228. The van der Waals surface area contributed by atoms with E-state index in [9.17, 15) is 0 Å². The Hall–Kier alpha value is -1.68. The first kappa shape index (κ1) is 12.8. The summed E-state index contributed by atoms with van der Waals surface area (Å²) in [5.41, 5.74) is 7.36. The fraction of sp³-hybridized carbons (Fsp3) is 0.429. The average molecular weight is 244 g/mol. The van der Waals surface area contributed by atoms with Crippen LogP contribution >= 0.6 is 0 Å². The van der Waals surface area contributed by atoms with E-state index in [-0.39, 0.29) is 6.04 Å².